The van der Waals surface area contributed by atoms with Crippen molar-refractivity contribution >= 4 is 23.7 Å². The molecule has 1 rings (SSSR count). The van der Waals surface area contributed by atoms with Crippen LogP contribution < -0.4 is 16.4 Å². The Kier molecular flexibility index (Phi) is 8.60. The van der Waals surface area contributed by atoms with Crippen molar-refractivity contribution in [1.82, 2.24) is 15.5 Å². The number of nitrogens with one attached hydrogen (secondary N) is 2. The molecule has 1 heterocycles. The van der Waals surface area contributed by atoms with Crippen molar-refractivity contribution in [1.29, 1.82) is 0 Å². The van der Waals surface area contributed by atoms with Crippen LogP contribution in [0.1, 0.15) is 26.7 Å². The minimum absolute atomic E-state index is 0.170. The number of carboxylic acid groups (broad SMARTS) is 1. The molecule has 1 aliphatic heterocycles. The van der Waals surface area contributed by atoms with Crippen LogP contribution in [0.15, 0.2) is 0 Å². The molecule has 0 aromatic carbocycles. The van der Waals surface area contributed by atoms with Gasteiger partial charge in [0.15, 0.2) is 0 Å². The second-order valence-corrected chi connectivity index (χ2v) is 6.79. The fourth-order valence-corrected chi connectivity index (χ4v) is 2.71. The molecule has 0 bridgehead atoms. The van der Waals surface area contributed by atoms with Gasteiger partial charge in [-0.15, -0.1) is 0 Å². The number of likely N-dealkylation sites (tertiary alicyclic amines) is 1. The fourth-order valence-electron chi connectivity index (χ4n) is 2.71. The normalized spacial score (nSPS) is 20.1. The van der Waals surface area contributed by atoms with Crippen LogP contribution in [-0.4, -0.2) is 87.8 Å². The number of hydrogen-bond acceptors (Lipinski definition) is 7. The van der Waals surface area contributed by atoms with E-state index in [4.69, 9.17) is 15.9 Å². The monoisotopic (exact) mass is 388 g/mol. The standard InChI is InChI=1S/C16H28N4O7/c1-8(2)12(17)14(24)18-9(6-21)15(25)20-5-3-4-11(20)13(23)19-10(7-22)16(26)27/h8-12,21-22H,3-7,17H2,1-2H3,(H,18,24)(H,19,23)(H,26,27). The van der Waals surface area contributed by atoms with E-state index < -0.39 is 61.1 Å². The molecule has 154 valence electrons. The molecular formula is C16H28N4O7. The molecule has 1 fully saturated rings. The van der Waals surface area contributed by atoms with Gasteiger partial charge in [0.1, 0.15) is 18.1 Å². The summed E-state index contributed by atoms with van der Waals surface area (Å²) in [6.45, 7) is 2.23. The van der Waals surface area contributed by atoms with E-state index in [0.29, 0.717) is 12.8 Å². The van der Waals surface area contributed by atoms with Crippen molar-refractivity contribution in [3.05, 3.63) is 0 Å². The van der Waals surface area contributed by atoms with Crippen molar-refractivity contribution < 1.29 is 34.5 Å². The molecular weight excluding hydrogens is 360 g/mol. The summed E-state index contributed by atoms with van der Waals surface area (Å²) in [5.74, 6) is -3.54. The van der Waals surface area contributed by atoms with Crippen LogP contribution in [0.2, 0.25) is 0 Å². The molecule has 7 N–H and O–H groups in total. The summed E-state index contributed by atoms with van der Waals surface area (Å²) in [6, 6.07) is -4.54. The number of nitrogens with two attached hydrogens (primary N) is 1. The Morgan fingerprint density at radius 1 is 1.11 bits per heavy atom. The fraction of sp³-hybridized carbons (Fsp3) is 0.750. The van der Waals surface area contributed by atoms with Crippen molar-refractivity contribution in [2.75, 3.05) is 19.8 Å². The highest BCUT2D eigenvalue weighted by molar-refractivity contribution is 5.94. The van der Waals surface area contributed by atoms with Gasteiger partial charge in [0.05, 0.1) is 19.3 Å². The summed E-state index contributed by atoms with van der Waals surface area (Å²) < 4.78 is 0. The maximum Gasteiger partial charge on any atom is 0.328 e. The molecule has 27 heavy (non-hydrogen) atoms. The second-order valence-electron chi connectivity index (χ2n) is 6.79. The van der Waals surface area contributed by atoms with E-state index in [9.17, 15) is 24.3 Å². The van der Waals surface area contributed by atoms with E-state index in [1.807, 2.05) is 0 Å². The van der Waals surface area contributed by atoms with E-state index in [2.05, 4.69) is 10.6 Å². The Balaban J connectivity index is 2.82. The van der Waals surface area contributed by atoms with Crippen LogP contribution in [-0.2, 0) is 19.2 Å². The van der Waals surface area contributed by atoms with Crippen LogP contribution >= 0.6 is 0 Å². The maximum absolute atomic E-state index is 12.7. The molecule has 0 aromatic rings. The summed E-state index contributed by atoms with van der Waals surface area (Å²) in [6.07, 6.45) is 0.797. The van der Waals surface area contributed by atoms with Crippen LogP contribution in [0.25, 0.3) is 0 Å². The number of nitrogens with zero attached hydrogens (tertiary/aromatic N) is 1. The third-order valence-electron chi connectivity index (χ3n) is 4.45. The number of carboxylic acids is 1. The van der Waals surface area contributed by atoms with Gasteiger partial charge >= 0.3 is 5.97 Å². The van der Waals surface area contributed by atoms with Gasteiger partial charge < -0.3 is 36.6 Å². The predicted octanol–water partition coefficient (Wildman–Crippen LogP) is -3.00. The number of aliphatic carboxylic acids is 1. The molecule has 0 spiro atoms. The zero-order valence-electron chi connectivity index (χ0n) is 15.4. The third kappa shape index (κ3) is 5.88. The number of rotatable bonds is 9. The first-order valence-electron chi connectivity index (χ1n) is 8.75. The average Bonchev–Trinajstić information content (AvgIpc) is 3.11. The summed E-state index contributed by atoms with van der Waals surface area (Å²) in [7, 11) is 0. The number of aliphatic hydroxyl groups is 2. The molecule has 0 aromatic heterocycles. The molecule has 1 aliphatic rings. The van der Waals surface area contributed by atoms with Crippen LogP contribution in [0.4, 0.5) is 0 Å². The zero-order chi connectivity index (χ0) is 20.7. The van der Waals surface area contributed by atoms with Gasteiger partial charge in [0, 0.05) is 6.54 Å². The topological polar surface area (TPSA) is 182 Å². The van der Waals surface area contributed by atoms with Crippen molar-refractivity contribution in [2.45, 2.75) is 50.9 Å². The zero-order valence-corrected chi connectivity index (χ0v) is 15.4. The van der Waals surface area contributed by atoms with Gasteiger partial charge in [-0.25, -0.2) is 4.79 Å². The highest BCUT2D eigenvalue weighted by atomic mass is 16.4. The minimum Gasteiger partial charge on any atom is -0.480 e. The summed E-state index contributed by atoms with van der Waals surface area (Å²) in [4.78, 5) is 49.2. The van der Waals surface area contributed by atoms with E-state index in [1.54, 1.807) is 13.8 Å². The molecule has 0 radical (unpaired) electrons. The van der Waals surface area contributed by atoms with E-state index in [0.717, 1.165) is 0 Å². The molecule has 4 atom stereocenters. The lowest BCUT2D eigenvalue weighted by atomic mass is 10.0. The van der Waals surface area contributed by atoms with E-state index >= 15 is 0 Å². The lowest BCUT2D eigenvalue weighted by Gasteiger charge is -2.29. The van der Waals surface area contributed by atoms with Crippen molar-refractivity contribution in [3.63, 3.8) is 0 Å². The third-order valence-corrected chi connectivity index (χ3v) is 4.45. The molecule has 3 amide bonds. The first-order chi connectivity index (χ1) is 12.6. The maximum atomic E-state index is 12.7. The Morgan fingerprint density at radius 3 is 2.19 bits per heavy atom. The van der Waals surface area contributed by atoms with Gasteiger partial charge in [-0.05, 0) is 18.8 Å². The average molecular weight is 388 g/mol. The molecule has 1 saturated heterocycles. The lowest BCUT2D eigenvalue weighted by molar-refractivity contribution is -0.146. The molecule has 0 aliphatic carbocycles. The molecule has 11 nitrogen and oxygen atoms in total. The first-order valence-corrected chi connectivity index (χ1v) is 8.75. The predicted molar refractivity (Wildman–Crippen MR) is 93.2 cm³/mol. The number of carbonyl (C=O) groups is 4. The molecule has 0 saturated carbocycles. The smallest absolute Gasteiger partial charge is 0.328 e. The molecule has 4 unspecified atom stereocenters. The Bertz CT molecular complexity index is 569. The van der Waals surface area contributed by atoms with Crippen LogP contribution in [0.5, 0.6) is 0 Å². The van der Waals surface area contributed by atoms with Gasteiger partial charge in [-0.3, -0.25) is 14.4 Å². The number of aliphatic hydroxyl groups excluding tert-OH is 2. The number of carbonyl (C=O) groups excluding carboxylic acids is 3. The lowest BCUT2D eigenvalue weighted by Crippen LogP contribution is -2.58. The minimum atomic E-state index is -1.48. The van der Waals surface area contributed by atoms with Gasteiger partial charge in [-0.2, -0.15) is 0 Å². The highest BCUT2D eigenvalue weighted by Gasteiger charge is 2.39. The number of amides is 3. The largest absolute Gasteiger partial charge is 0.480 e. The van der Waals surface area contributed by atoms with E-state index in [1.165, 1.54) is 4.90 Å². The highest BCUT2D eigenvalue weighted by Crippen LogP contribution is 2.19. The van der Waals surface area contributed by atoms with Gasteiger partial charge in [-0.1, -0.05) is 13.8 Å². The SMILES string of the molecule is CC(C)C(N)C(=O)NC(CO)C(=O)N1CCCC1C(=O)NC(CO)C(=O)O. The Labute approximate surface area is 156 Å². The summed E-state index contributed by atoms with van der Waals surface area (Å²) in [5.41, 5.74) is 5.73. The Morgan fingerprint density at radius 2 is 1.70 bits per heavy atom. The second kappa shape index (κ2) is 10.2. The van der Waals surface area contributed by atoms with Crippen molar-refractivity contribution in [2.24, 2.45) is 11.7 Å². The Hall–Kier alpha value is -2.24. The first kappa shape index (κ1) is 22.8. The number of hydrogen-bond donors (Lipinski definition) is 6. The van der Waals surface area contributed by atoms with Gasteiger partial charge in [0.2, 0.25) is 17.7 Å². The quantitative estimate of drug-likeness (QED) is 0.241. The summed E-state index contributed by atoms with van der Waals surface area (Å²) in [5, 5.41) is 32.0. The van der Waals surface area contributed by atoms with Crippen LogP contribution in [0.3, 0.4) is 0 Å². The molecule has 11 heteroatoms. The van der Waals surface area contributed by atoms with Crippen molar-refractivity contribution in [3.8, 4) is 0 Å². The summed E-state index contributed by atoms with van der Waals surface area (Å²) >= 11 is 0. The van der Waals surface area contributed by atoms with E-state index in [-0.39, 0.29) is 12.5 Å². The van der Waals surface area contributed by atoms with Crippen LogP contribution in [0, 0.1) is 5.92 Å². The van der Waals surface area contributed by atoms with Gasteiger partial charge in [0.25, 0.3) is 0 Å².